The number of benzene rings is 1. The van der Waals surface area contributed by atoms with Gasteiger partial charge in [-0.1, -0.05) is 11.6 Å². The number of nitrogens with zero attached hydrogens (tertiary/aromatic N) is 3. The number of carbonyl (C=O) groups is 1. The molecular formula is C17H20ClN3O2S. The number of carbonyl (C=O) groups excluding carboxylic acids is 1. The van der Waals surface area contributed by atoms with Gasteiger partial charge in [-0.05, 0) is 32.2 Å². The van der Waals surface area contributed by atoms with Crippen LogP contribution in [-0.4, -0.2) is 60.5 Å². The van der Waals surface area contributed by atoms with E-state index in [-0.39, 0.29) is 5.91 Å². The van der Waals surface area contributed by atoms with Crippen molar-refractivity contribution in [2.45, 2.75) is 6.92 Å². The predicted molar refractivity (Wildman–Crippen MR) is 97.1 cm³/mol. The zero-order valence-corrected chi connectivity index (χ0v) is 15.4. The van der Waals surface area contributed by atoms with E-state index in [0.717, 1.165) is 42.5 Å². The second kappa shape index (κ2) is 7.51. The lowest BCUT2D eigenvalue weighted by Crippen LogP contribution is -2.47. The number of halogens is 1. The first-order valence-electron chi connectivity index (χ1n) is 7.94. The monoisotopic (exact) mass is 365 g/mol. The van der Waals surface area contributed by atoms with Gasteiger partial charge in [0.1, 0.15) is 16.5 Å². The third-order valence-corrected chi connectivity index (χ3v) is 5.18. The maximum atomic E-state index is 12.6. The zero-order valence-electron chi connectivity index (χ0n) is 13.8. The molecule has 1 saturated heterocycles. The molecule has 0 saturated carbocycles. The van der Waals surface area contributed by atoms with Crippen molar-refractivity contribution in [2.24, 2.45) is 0 Å². The van der Waals surface area contributed by atoms with E-state index in [1.165, 1.54) is 11.3 Å². The normalized spacial score (nSPS) is 15.5. The molecule has 3 rings (SSSR count). The summed E-state index contributed by atoms with van der Waals surface area (Å²) >= 11 is 7.77. The van der Waals surface area contributed by atoms with Crippen LogP contribution < -0.4 is 4.74 Å². The molecule has 7 heteroatoms. The molecule has 5 nitrogen and oxygen atoms in total. The third-order valence-electron chi connectivity index (χ3n) is 4.00. The van der Waals surface area contributed by atoms with Crippen LogP contribution in [0, 0.1) is 0 Å². The van der Waals surface area contributed by atoms with E-state index >= 15 is 0 Å². The molecule has 1 fully saturated rings. The SMILES string of the molecule is CCOc1ccc(-c2nc(C(=O)N3CCN(C)CC3)cs2)c(Cl)c1. The number of amides is 1. The Morgan fingerprint density at radius 1 is 1.33 bits per heavy atom. The fraction of sp³-hybridized carbons (Fsp3) is 0.412. The average Bonchev–Trinajstić information content (AvgIpc) is 3.05. The number of ether oxygens (including phenoxy) is 1. The van der Waals surface area contributed by atoms with Crippen LogP contribution in [0.5, 0.6) is 5.75 Å². The summed E-state index contributed by atoms with van der Waals surface area (Å²) in [6.45, 7) is 5.80. The van der Waals surface area contributed by atoms with Crippen LogP contribution >= 0.6 is 22.9 Å². The van der Waals surface area contributed by atoms with E-state index in [4.69, 9.17) is 16.3 Å². The highest BCUT2D eigenvalue weighted by Crippen LogP contribution is 2.33. The molecule has 128 valence electrons. The van der Waals surface area contributed by atoms with Crippen molar-refractivity contribution in [2.75, 3.05) is 39.8 Å². The summed E-state index contributed by atoms with van der Waals surface area (Å²) in [5.41, 5.74) is 1.31. The summed E-state index contributed by atoms with van der Waals surface area (Å²) in [5, 5.41) is 3.14. The fourth-order valence-corrected chi connectivity index (χ4v) is 3.74. The van der Waals surface area contributed by atoms with Gasteiger partial charge in [0.2, 0.25) is 0 Å². The molecule has 1 aliphatic heterocycles. The largest absolute Gasteiger partial charge is 0.494 e. The Labute approximate surface area is 150 Å². The zero-order chi connectivity index (χ0) is 17.1. The molecule has 0 aliphatic carbocycles. The van der Waals surface area contributed by atoms with Crippen LogP contribution in [0.3, 0.4) is 0 Å². The highest BCUT2D eigenvalue weighted by molar-refractivity contribution is 7.13. The molecule has 0 spiro atoms. The van der Waals surface area contributed by atoms with Gasteiger partial charge in [-0.2, -0.15) is 0 Å². The van der Waals surface area contributed by atoms with Crippen molar-refractivity contribution >= 4 is 28.8 Å². The molecule has 0 atom stereocenters. The third kappa shape index (κ3) is 3.71. The van der Waals surface area contributed by atoms with Crippen LogP contribution in [0.15, 0.2) is 23.6 Å². The Hall–Kier alpha value is -1.63. The molecule has 1 amide bonds. The van der Waals surface area contributed by atoms with Crippen LogP contribution in [0.25, 0.3) is 10.6 Å². The molecule has 0 N–H and O–H groups in total. The number of likely N-dealkylation sites (N-methyl/N-ethyl adjacent to an activating group) is 1. The molecule has 0 unspecified atom stereocenters. The van der Waals surface area contributed by atoms with E-state index in [9.17, 15) is 4.79 Å². The van der Waals surface area contributed by atoms with Gasteiger partial charge in [0, 0.05) is 37.1 Å². The fourth-order valence-electron chi connectivity index (χ4n) is 2.59. The minimum absolute atomic E-state index is 0.00680. The first-order valence-corrected chi connectivity index (χ1v) is 9.20. The van der Waals surface area contributed by atoms with Gasteiger partial charge in [0.25, 0.3) is 5.91 Å². The summed E-state index contributed by atoms with van der Waals surface area (Å²) in [4.78, 5) is 21.2. The summed E-state index contributed by atoms with van der Waals surface area (Å²) < 4.78 is 5.44. The molecule has 24 heavy (non-hydrogen) atoms. The number of hydrogen-bond donors (Lipinski definition) is 0. The van der Waals surface area contributed by atoms with Crippen molar-refractivity contribution in [3.63, 3.8) is 0 Å². The van der Waals surface area contributed by atoms with Gasteiger partial charge >= 0.3 is 0 Å². The van der Waals surface area contributed by atoms with E-state index < -0.39 is 0 Å². The topological polar surface area (TPSA) is 45.7 Å². The summed E-state index contributed by atoms with van der Waals surface area (Å²) in [7, 11) is 2.07. The number of rotatable bonds is 4. The van der Waals surface area contributed by atoms with Crippen LogP contribution in [0.4, 0.5) is 0 Å². The van der Waals surface area contributed by atoms with Gasteiger partial charge in [-0.25, -0.2) is 4.98 Å². The highest BCUT2D eigenvalue weighted by atomic mass is 35.5. The lowest BCUT2D eigenvalue weighted by atomic mass is 10.2. The lowest BCUT2D eigenvalue weighted by molar-refractivity contribution is 0.0659. The molecule has 1 aromatic carbocycles. The van der Waals surface area contributed by atoms with Crippen molar-refractivity contribution in [3.05, 3.63) is 34.3 Å². The summed E-state index contributed by atoms with van der Waals surface area (Å²) in [6.07, 6.45) is 0. The Morgan fingerprint density at radius 3 is 2.75 bits per heavy atom. The average molecular weight is 366 g/mol. The van der Waals surface area contributed by atoms with Gasteiger partial charge < -0.3 is 14.5 Å². The van der Waals surface area contributed by atoms with Crippen molar-refractivity contribution in [1.82, 2.24) is 14.8 Å². The number of piperazine rings is 1. The molecular weight excluding hydrogens is 346 g/mol. The molecule has 2 heterocycles. The van der Waals surface area contributed by atoms with Gasteiger partial charge in [0.15, 0.2) is 0 Å². The van der Waals surface area contributed by atoms with E-state index in [2.05, 4.69) is 16.9 Å². The molecule has 1 aromatic heterocycles. The Morgan fingerprint density at radius 2 is 2.08 bits per heavy atom. The van der Waals surface area contributed by atoms with Crippen molar-refractivity contribution in [1.29, 1.82) is 0 Å². The maximum absolute atomic E-state index is 12.6. The number of aromatic nitrogens is 1. The first-order chi connectivity index (χ1) is 11.6. The molecule has 0 bridgehead atoms. The molecule has 1 aliphatic rings. The van der Waals surface area contributed by atoms with Gasteiger partial charge in [-0.15, -0.1) is 11.3 Å². The highest BCUT2D eigenvalue weighted by Gasteiger charge is 2.23. The number of thiazole rings is 1. The Balaban J connectivity index is 1.77. The van der Waals surface area contributed by atoms with Gasteiger partial charge in [-0.3, -0.25) is 4.79 Å². The van der Waals surface area contributed by atoms with Gasteiger partial charge in [0.05, 0.1) is 11.6 Å². The summed E-state index contributed by atoms with van der Waals surface area (Å²) in [6, 6.07) is 5.54. The second-order valence-corrected chi connectivity index (χ2v) is 6.97. The maximum Gasteiger partial charge on any atom is 0.273 e. The first kappa shape index (κ1) is 17.2. The lowest BCUT2D eigenvalue weighted by Gasteiger charge is -2.31. The van der Waals surface area contributed by atoms with E-state index in [0.29, 0.717) is 17.3 Å². The second-order valence-electron chi connectivity index (χ2n) is 5.71. The minimum Gasteiger partial charge on any atom is -0.494 e. The van der Waals surface area contributed by atoms with Crippen molar-refractivity contribution in [3.8, 4) is 16.3 Å². The van der Waals surface area contributed by atoms with E-state index in [1.54, 1.807) is 6.07 Å². The quantitative estimate of drug-likeness (QED) is 0.834. The van der Waals surface area contributed by atoms with Crippen LogP contribution in [-0.2, 0) is 0 Å². The van der Waals surface area contributed by atoms with E-state index in [1.807, 2.05) is 29.3 Å². The number of hydrogen-bond acceptors (Lipinski definition) is 5. The Bertz CT molecular complexity index is 726. The van der Waals surface area contributed by atoms with Crippen LogP contribution in [0.1, 0.15) is 17.4 Å². The molecule has 2 aromatic rings. The standard InChI is InChI=1S/C17H20ClN3O2S/c1-3-23-12-4-5-13(14(18)10-12)16-19-15(11-24-16)17(22)21-8-6-20(2)7-9-21/h4-5,10-11H,3,6-9H2,1-2H3. The Kier molecular flexibility index (Phi) is 5.38. The smallest absolute Gasteiger partial charge is 0.273 e. The predicted octanol–water partition coefficient (Wildman–Crippen LogP) is 3.25. The molecule has 0 radical (unpaired) electrons. The van der Waals surface area contributed by atoms with Crippen LogP contribution in [0.2, 0.25) is 5.02 Å². The summed E-state index contributed by atoms with van der Waals surface area (Å²) in [5.74, 6) is 0.726. The minimum atomic E-state index is -0.00680. The van der Waals surface area contributed by atoms with Crippen molar-refractivity contribution < 1.29 is 9.53 Å².